The van der Waals surface area contributed by atoms with Gasteiger partial charge in [0.2, 0.25) is 0 Å². The fourth-order valence-corrected chi connectivity index (χ4v) is 6.55. The maximum atomic E-state index is 11.0. The third-order valence-corrected chi connectivity index (χ3v) is 9.11. The maximum absolute atomic E-state index is 11.0. The summed E-state index contributed by atoms with van der Waals surface area (Å²) in [6.07, 6.45) is 10.1. The molecule has 4 nitrogen and oxygen atoms in total. The Morgan fingerprint density at radius 3 is 1.23 bits per heavy atom. The van der Waals surface area contributed by atoms with Crippen LogP contribution in [0.2, 0.25) is 0 Å². The predicted molar refractivity (Wildman–Crippen MR) is 178 cm³/mol. The SMILES string of the molecule is Cc1ccc(C2(O)CCCCC2)c(OCc2ccccc2)c1.Cc1ccc(C2(O)CCCCC2)c(OCc2ccccc2)c1. The molecule has 232 valence electrons. The van der Waals surface area contributed by atoms with E-state index < -0.39 is 11.2 Å². The summed E-state index contributed by atoms with van der Waals surface area (Å²) in [5, 5.41) is 22.1. The van der Waals surface area contributed by atoms with E-state index >= 15 is 0 Å². The van der Waals surface area contributed by atoms with Gasteiger partial charge in [0.25, 0.3) is 0 Å². The van der Waals surface area contributed by atoms with Crippen molar-refractivity contribution in [2.24, 2.45) is 0 Å². The first kappa shape index (κ1) is 31.8. The zero-order valence-corrected chi connectivity index (χ0v) is 26.4. The number of ether oxygens (including phenoxy) is 2. The summed E-state index contributed by atoms with van der Waals surface area (Å²) in [7, 11) is 0. The van der Waals surface area contributed by atoms with E-state index in [4.69, 9.17) is 9.47 Å². The van der Waals surface area contributed by atoms with Crippen molar-refractivity contribution in [1.29, 1.82) is 0 Å². The van der Waals surface area contributed by atoms with Crippen LogP contribution in [0.3, 0.4) is 0 Å². The Morgan fingerprint density at radius 2 is 0.864 bits per heavy atom. The second-order valence-electron chi connectivity index (χ2n) is 12.7. The Bertz CT molecular complexity index is 1340. The van der Waals surface area contributed by atoms with E-state index in [1.165, 1.54) is 12.8 Å². The lowest BCUT2D eigenvalue weighted by Crippen LogP contribution is -2.29. The second-order valence-corrected chi connectivity index (χ2v) is 12.7. The van der Waals surface area contributed by atoms with E-state index in [2.05, 4.69) is 50.2 Å². The average Bonchev–Trinajstić information content (AvgIpc) is 3.05. The third kappa shape index (κ3) is 8.31. The number of rotatable bonds is 8. The highest BCUT2D eigenvalue weighted by Gasteiger charge is 2.35. The summed E-state index contributed by atoms with van der Waals surface area (Å²) >= 11 is 0. The minimum Gasteiger partial charge on any atom is -0.489 e. The first-order valence-corrected chi connectivity index (χ1v) is 16.4. The zero-order chi connectivity index (χ0) is 30.8. The van der Waals surface area contributed by atoms with Gasteiger partial charge in [-0.1, -0.05) is 123 Å². The van der Waals surface area contributed by atoms with Gasteiger partial charge in [-0.3, -0.25) is 0 Å². The molecule has 6 rings (SSSR count). The van der Waals surface area contributed by atoms with Crippen LogP contribution in [0.4, 0.5) is 0 Å². The molecule has 0 radical (unpaired) electrons. The van der Waals surface area contributed by atoms with Gasteiger partial charge in [0.05, 0.1) is 11.2 Å². The van der Waals surface area contributed by atoms with Gasteiger partial charge in [-0.25, -0.2) is 0 Å². The van der Waals surface area contributed by atoms with Gasteiger partial charge in [0.1, 0.15) is 24.7 Å². The highest BCUT2D eigenvalue weighted by molar-refractivity contribution is 5.42. The van der Waals surface area contributed by atoms with Crippen LogP contribution in [-0.2, 0) is 24.4 Å². The van der Waals surface area contributed by atoms with Crippen LogP contribution in [0.25, 0.3) is 0 Å². The lowest BCUT2D eigenvalue weighted by atomic mass is 9.79. The molecule has 44 heavy (non-hydrogen) atoms. The van der Waals surface area contributed by atoms with E-state index in [0.717, 1.165) is 96.2 Å². The quantitative estimate of drug-likeness (QED) is 0.214. The Hall–Kier alpha value is -3.60. The van der Waals surface area contributed by atoms with Crippen LogP contribution in [0.1, 0.15) is 97.6 Å². The lowest BCUT2D eigenvalue weighted by molar-refractivity contribution is -0.00361. The molecule has 0 spiro atoms. The molecular formula is C40H48O4. The van der Waals surface area contributed by atoms with Gasteiger partial charge in [0, 0.05) is 11.1 Å². The zero-order valence-electron chi connectivity index (χ0n) is 26.4. The first-order chi connectivity index (χ1) is 21.3. The lowest BCUT2D eigenvalue weighted by Gasteiger charge is -2.34. The van der Waals surface area contributed by atoms with Crippen molar-refractivity contribution in [2.75, 3.05) is 0 Å². The van der Waals surface area contributed by atoms with Gasteiger partial charge in [-0.15, -0.1) is 0 Å². The van der Waals surface area contributed by atoms with Crippen molar-refractivity contribution in [1.82, 2.24) is 0 Å². The molecule has 0 atom stereocenters. The molecule has 2 aliphatic carbocycles. The molecule has 0 heterocycles. The van der Waals surface area contributed by atoms with Crippen molar-refractivity contribution in [3.8, 4) is 11.5 Å². The molecule has 4 aromatic carbocycles. The van der Waals surface area contributed by atoms with Gasteiger partial charge >= 0.3 is 0 Å². The summed E-state index contributed by atoms with van der Waals surface area (Å²) in [6, 6.07) is 32.6. The Kier molecular flexibility index (Phi) is 10.8. The number of benzene rings is 4. The molecule has 2 fully saturated rings. The van der Waals surface area contributed by atoms with Crippen molar-refractivity contribution in [2.45, 2.75) is 102 Å². The first-order valence-electron chi connectivity index (χ1n) is 16.4. The molecule has 0 aliphatic heterocycles. The Balaban J connectivity index is 0.000000175. The number of hydrogen-bond acceptors (Lipinski definition) is 4. The molecule has 2 aliphatic rings. The van der Waals surface area contributed by atoms with E-state index in [0.29, 0.717) is 13.2 Å². The standard InChI is InChI=1S/2C20H24O2/c2*1-16-10-11-18(20(21)12-6-3-7-13-20)19(14-16)22-15-17-8-4-2-5-9-17/h2*2,4-5,8-11,14,21H,3,6-7,12-13,15H2,1H3. The summed E-state index contributed by atoms with van der Waals surface area (Å²) in [4.78, 5) is 0. The minimum absolute atomic E-state index is 0.535. The van der Waals surface area contributed by atoms with Gasteiger partial charge in [0.15, 0.2) is 0 Å². The molecule has 0 unspecified atom stereocenters. The highest BCUT2D eigenvalue weighted by Crippen LogP contribution is 2.43. The summed E-state index contributed by atoms with van der Waals surface area (Å²) in [6.45, 7) is 5.19. The van der Waals surface area contributed by atoms with Crippen LogP contribution in [0, 0.1) is 13.8 Å². The normalized spacial score (nSPS) is 17.2. The van der Waals surface area contributed by atoms with Gasteiger partial charge < -0.3 is 19.7 Å². The monoisotopic (exact) mass is 592 g/mol. The van der Waals surface area contributed by atoms with Crippen molar-refractivity contribution in [3.05, 3.63) is 130 Å². The summed E-state index contributed by atoms with van der Waals surface area (Å²) in [5.41, 5.74) is 5.06. The molecule has 2 saturated carbocycles. The Labute approximate surface area is 263 Å². The van der Waals surface area contributed by atoms with Crippen molar-refractivity contribution < 1.29 is 19.7 Å². The number of aliphatic hydroxyl groups is 2. The smallest absolute Gasteiger partial charge is 0.126 e. The molecule has 4 heteroatoms. The van der Waals surface area contributed by atoms with E-state index in [1.807, 2.05) is 60.7 Å². The second kappa shape index (κ2) is 14.9. The molecule has 2 N–H and O–H groups in total. The van der Waals surface area contributed by atoms with Crippen LogP contribution < -0.4 is 9.47 Å². The summed E-state index contributed by atoms with van der Waals surface area (Å²) in [5.74, 6) is 1.65. The fraction of sp³-hybridized carbons (Fsp3) is 0.400. The Morgan fingerprint density at radius 1 is 0.500 bits per heavy atom. The largest absolute Gasteiger partial charge is 0.489 e. The van der Waals surface area contributed by atoms with Crippen LogP contribution in [0.15, 0.2) is 97.1 Å². The van der Waals surface area contributed by atoms with Crippen LogP contribution in [-0.4, -0.2) is 10.2 Å². The maximum Gasteiger partial charge on any atom is 0.126 e. The van der Waals surface area contributed by atoms with Crippen LogP contribution >= 0.6 is 0 Å². The van der Waals surface area contributed by atoms with Crippen molar-refractivity contribution >= 4 is 0 Å². The molecule has 4 aromatic rings. The van der Waals surface area contributed by atoms with Gasteiger partial charge in [-0.2, -0.15) is 0 Å². The minimum atomic E-state index is -0.724. The fourth-order valence-electron chi connectivity index (χ4n) is 6.55. The molecule has 0 bridgehead atoms. The van der Waals surface area contributed by atoms with Gasteiger partial charge in [-0.05, 0) is 73.9 Å². The number of hydrogen-bond donors (Lipinski definition) is 2. The van der Waals surface area contributed by atoms with E-state index in [-0.39, 0.29) is 0 Å². The third-order valence-electron chi connectivity index (χ3n) is 9.11. The topological polar surface area (TPSA) is 58.9 Å². The van der Waals surface area contributed by atoms with Crippen LogP contribution in [0.5, 0.6) is 11.5 Å². The van der Waals surface area contributed by atoms with E-state index in [1.54, 1.807) is 0 Å². The predicted octanol–water partition coefficient (Wildman–Crippen LogP) is 9.45. The average molecular weight is 593 g/mol. The highest BCUT2D eigenvalue weighted by atomic mass is 16.5. The van der Waals surface area contributed by atoms with Crippen molar-refractivity contribution in [3.63, 3.8) is 0 Å². The molecule has 0 amide bonds. The molecular weight excluding hydrogens is 544 g/mol. The van der Waals surface area contributed by atoms with E-state index in [9.17, 15) is 10.2 Å². The summed E-state index contributed by atoms with van der Waals surface area (Å²) < 4.78 is 12.1. The molecule has 0 saturated heterocycles. The molecule has 0 aromatic heterocycles. The number of aryl methyl sites for hydroxylation is 2.